The Hall–Kier alpha value is -2.48. The Labute approximate surface area is 246 Å². The van der Waals surface area contributed by atoms with Crippen LogP contribution in [0.25, 0.3) is 5.57 Å². The highest BCUT2D eigenvalue weighted by molar-refractivity contribution is 5.90. The van der Waals surface area contributed by atoms with Crippen molar-refractivity contribution in [3.8, 4) is 6.07 Å². The Morgan fingerprint density at radius 3 is 2.39 bits per heavy atom. The molecule has 0 aliphatic heterocycles. The molecule has 5 nitrogen and oxygen atoms in total. The number of hydrogen-bond donors (Lipinski definition) is 1. The van der Waals surface area contributed by atoms with E-state index in [0.29, 0.717) is 12.3 Å². The summed E-state index contributed by atoms with van der Waals surface area (Å²) in [6.45, 7) is 16.1. The molecule has 5 heteroatoms. The highest BCUT2D eigenvalue weighted by Crippen LogP contribution is 2.76. The Bertz CT molecular complexity index is 1350. The molecule has 6 rings (SSSR count). The summed E-state index contributed by atoms with van der Waals surface area (Å²) in [4.78, 5) is 30.7. The van der Waals surface area contributed by atoms with E-state index in [1.807, 2.05) is 18.5 Å². The first-order valence-corrected chi connectivity index (χ1v) is 15.9. The van der Waals surface area contributed by atoms with Crippen LogP contribution in [0.5, 0.6) is 0 Å². The smallest absolute Gasteiger partial charge is 0.306 e. The highest BCUT2D eigenvalue weighted by Gasteiger charge is 2.69. The van der Waals surface area contributed by atoms with Crippen LogP contribution in [0.3, 0.4) is 0 Å². The van der Waals surface area contributed by atoms with E-state index in [4.69, 9.17) is 0 Å². The predicted molar refractivity (Wildman–Crippen MR) is 159 cm³/mol. The lowest BCUT2D eigenvalue weighted by Gasteiger charge is -2.71. The molecule has 8 unspecified atom stereocenters. The van der Waals surface area contributed by atoms with Crippen molar-refractivity contribution in [3.05, 3.63) is 35.7 Å². The second-order valence-electron chi connectivity index (χ2n) is 16.5. The quantitative estimate of drug-likeness (QED) is 0.399. The summed E-state index contributed by atoms with van der Waals surface area (Å²) in [5.74, 6) is -0.400. The molecule has 4 fully saturated rings. The van der Waals surface area contributed by atoms with Crippen molar-refractivity contribution in [1.82, 2.24) is 4.98 Å². The van der Waals surface area contributed by atoms with Gasteiger partial charge in [-0.1, -0.05) is 60.1 Å². The zero-order chi connectivity index (χ0) is 29.8. The first-order chi connectivity index (χ1) is 19.1. The average molecular weight is 557 g/mol. The zero-order valence-electron chi connectivity index (χ0n) is 26.1. The third-order valence-corrected chi connectivity index (χ3v) is 13.8. The van der Waals surface area contributed by atoms with E-state index in [1.54, 1.807) is 0 Å². The van der Waals surface area contributed by atoms with Crippen LogP contribution in [-0.2, 0) is 9.59 Å². The predicted octanol–water partition coefficient (Wildman–Crippen LogP) is 7.97. The standard InChI is InChI=1S/C36H48N2O3/c1-32(2)17-25-23(26(18-32)31(40)41)10-12-36(7)29(25)24(21-9-8-14-38-20-21)15-28-34(5)16-22(19-37)30(39)33(3,4)27(34)11-13-35(28,36)6/h8-9,14,20,22-23,25-28H,10-13,15-18H2,1-7H3,(H,40,41)/t22?,23?,25?,26-,27?,28?,34?,35?,36?/m1/s1. The fourth-order valence-corrected chi connectivity index (χ4v) is 11.9. The number of fused-ring (bicyclic) bond motifs is 7. The Morgan fingerprint density at radius 2 is 1.76 bits per heavy atom. The van der Waals surface area contributed by atoms with Gasteiger partial charge in [0.2, 0.25) is 0 Å². The molecule has 4 saturated carbocycles. The van der Waals surface area contributed by atoms with Crippen molar-refractivity contribution in [1.29, 1.82) is 5.26 Å². The van der Waals surface area contributed by atoms with Crippen LogP contribution in [0.4, 0.5) is 0 Å². The minimum Gasteiger partial charge on any atom is -0.481 e. The Balaban J connectivity index is 1.58. The fourth-order valence-electron chi connectivity index (χ4n) is 11.9. The third-order valence-electron chi connectivity index (χ3n) is 13.8. The molecule has 0 bridgehead atoms. The Kier molecular flexibility index (Phi) is 6.29. The lowest BCUT2D eigenvalue weighted by atomic mass is 9.33. The normalized spacial score (nSPS) is 44.5. The van der Waals surface area contributed by atoms with Crippen molar-refractivity contribution in [2.24, 2.45) is 62.6 Å². The summed E-state index contributed by atoms with van der Waals surface area (Å²) in [7, 11) is 0. The van der Waals surface area contributed by atoms with Gasteiger partial charge >= 0.3 is 5.97 Å². The number of nitrogens with zero attached hydrogens (tertiary/aromatic N) is 2. The zero-order valence-corrected chi connectivity index (χ0v) is 26.1. The van der Waals surface area contributed by atoms with Crippen LogP contribution in [0.15, 0.2) is 30.1 Å². The largest absolute Gasteiger partial charge is 0.481 e. The van der Waals surface area contributed by atoms with Gasteiger partial charge in [0.05, 0.1) is 12.0 Å². The van der Waals surface area contributed by atoms with Crippen LogP contribution in [0, 0.1) is 73.9 Å². The molecule has 0 saturated heterocycles. The number of allylic oxidation sites excluding steroid dienone is 2. The molecular formula is C36H48N2O3. The average Bonchev–Trinajstić information content (AvgIpc) is 2.90. The number of ketones is 1. The van der Waals surface area contributed by atoms with E-state index in [1.165, 1.54) is 16.7 Å². The number of rotatable bonds is 2. The van der Waals surface area contributed by atoms with Gasteiger partial charge in [0.15, 0.2) is 5.78 Å². The first-order valence-electron chi connectivity index (χ1n) is 15.9. The maximum atomic E-state index is 13.5. The van der Waals surface area contributed by atoms with Gasteiger partial charge in [-0.25, -0.2) is 0 Å². The molecule has 1 aromatic rings. The Morgan fingerprint density at radius 1 is 1.02 bits per heavy atom. The van der Waals surface area contributed by atoms with E-state index < -0.39 is 17.3 Å². The van der Waals surface area contributed by atoms with E-state index in [9.17, 15) is 20.0 Å². The van der Waals surface area contributed by atoms with Gasteiger partial charge in [0.1, 0.15) is 5.92 Å². The number of hydrogen-bond acceptors (Lipinski definition) is 4. The molecular weight excluding hydrogens is 508 g/mol. The molecule has 9 atom stereocenters. The summed E-state index contributed by atoms with van der Waals surface area (Å²) >= 11 is 0. The first kappa shape index (κ1) is 28.6. The second-order valence-corrected chi connectivity index (χ2v) is 16.5. The van der Waals surface area contributed by atoms with Gasteiger partial charge in [-0.3, -0.25) is 14.6 Å². The number of carboxylic acids is 1. The van der Waals surface area contributed by atoms with Crippen LogP contribution in [-0.4, -0.2) is 21.8 Å². The van der Waals surface area contributed by atoms with Crippen LogP contribution in [0.1, 0.15) is 105 Å². The van der Waals surface area contributed by atoms with Crippen LogP contribution >= 0.6 is 0 Å². The minimum atomic E-state index is -0.635. The molecule has 1 N–H and O–H groups in total. The van der Waals surface area contributed by atoms with Gasteiger partial charge in [-0.15, -0.1) is 0 Å². The molecule has 0 aromatic carbocycles. The molecule has 0 spiro atoms. The molecule has 1 aromatic heterocycles. The maximum Gasteiger partial charge on any atom is 0.306 e. The summed E-state index contributed by atoms with van der Waals surface area (Å²) in [5, 5.41) is 20.5. The van der Waals surface area contributed by atoms with Gasteiger partial charge in [0, 0.05) is 17.8 Å². The topological polar surface area (TPSA) is 91.0 Å². The number of carboxylic acid groups (broad SMARTS) is 1. The SMILES string of the molecule is CC1(C)CC2C3=C(c4cccnc4)CC4C5(C)CC(C#N)C(=O)C(C)(C)C5CCC4(C)C3(C)CCC2[C@H](C(=O)O)C1. The van der Waals surface area contributed by atoms with Crippen LogP contribution in [0.2, 0.25) is 0 Å². The molecule has 0 amide bonds. The summed E-state index contributed by atoms with van der Waals surface area (Å²) in [6, 6.07) is 6.64. The fraction of sp³-hybridized carbons (Fsp3) is 0.722. The second kappa shape index (κ2) is 9.01. The molecule has 0 radical (unpaired) electrons. The van der Waals surface area contributed by atoms with Crippen molar-refractivity contribution in [2.45, 2.75) is 99.8 Å². The summed E-state index contributed by atoms with van der Waals surface area (Å²) < 4.78 is 0. The number of carbonyl (C=O) groups is 2. The number of Topliss-reactive ketones (excluding diaryl/α,β-unsaturated/α-hetero) is 1. The van der Waals surface area contributed by atoms with E-state index >= 15 is 0 Å². The van der Waals surface area contributed by atoms with Crippen molar-refractivity contribution in [3.63, 3.8) is 0 Å². The van der Waals surface area contributed by atoms with E-state index in [2.05, 4.69) is 65.6 Å². The number of aliphatic carboxylic acids is 1. The van der Waals surface area contributed by atoms with Crippen molar-refractivity contribution in [2.75, 3.05) is 0 Å². The summed E-state index contributed by atoms with van der Waals surface area (Å²) in [6.07, 6.45) is 11.2. The molecule has 5 aliphatic carbocycles. The van der Waals surface area contributed by atoms with Gasteiger partial charge < -0.3 is 5.11 Å². The molecule has 1 heterocycles. The van der Waals surface area contributed by atoms with Gasteiger partial charge in [-0.05, 0) is 114 Å². The lowest BCUT2D eigenvalue weighted by molar-refractivity contribution is -0.186. The molecule has 41 heavy (non-hydrogen) atoms. The minimum absolute atomic E-state index is 0.00104. The monoisotopic (exact) mass is 556 g/mol. The number of nitriles is 1. The molecule has 220 valence electrons. The van der Waals surface area contributed by atoms with Crippen LogP contribution < -0.4 is 0 Å². The maximum absolute atomic E-state index is 13.5. The van der Waals surface area contributed by atoms with Gasteiger partial charge in [0.25, 0.3) is 0 Å². The lowest BCUT2D eigenvalue weighted by Crippen LogP contribution is -2.65. The number of aromatic nitrogens is 1. The highest BCUT2D eigenvalue weighted by atomic mass is 16.4. The van der Waals surface area contributed by atoms with E-state index in [0.717, 1.165) is 44.9 Å². The number of pyridine rings is 1. The van der Waals surface area contributed by atoms with Crippen molar-refractivity contribution >= 4 is 17.3 Å². The third kappa shape index (κ3) is 3.81. The van der Waals surface area contributed by atoms with Crippen molar-refractivity contribution < 1.29 is 14.7 Å². The van der Waals surface area contributed by atoms with Gasteiger partial charge in [-0.2, -0.15) is 5.26 Å². The summed E-state index contributed by atoms with van der Waals surface area (Å²) in [5.41, 5.74) is 3.29. The van der Waals surface area contributed by atoms with E-state index in [-0.39, 0.29) is 51.1 Å². The molecule has 5 aliphatic rings. The number of carbonyl (C=O) groups excluding carboxylic acids is 1.